The molecule has 0 aromatic rings. The molecule has 0 rings (SSSR count). The van der Waals surface area contributed by atoms with Crippen molar-refractivity contribution in [2.24, 2.45) is 0 Å². The number of aliphatic hydroxyl groups excluding tert-OH is 1. The van der Waals surface area contributed by atoms with Crippen LogP contribution < -0.4 is 34.7 Å². The van der Waals surface area contributed by atoms with E-state index in [1.165, 1.54) is 52.4 Å². The Balaban J connectivity index is 0. The van der Waals surface area contributed by atoms with Gasteiger partial charge in [0.2, 0.25) is 0 Å². The Morgan fingerprint density at radius 1 is 1.00 bits per heavy atom. The van der Waals surface area contributed by atoms with Crippen LogP contribution in [0.5, 0.6) is 0 Å². The second-order valence-electron chi connectivity index (χ2n) is 6.55. The molecule has 136 valence electrons. The molecule has 0 spiro atoms. The van der Waals surface area contributed by atoms with Gasteiger partial charge < -0.3 is 19.7 Å². The molecule has 2 atom stereocenters. The average Bonchev–Trinajstić information content (AvgIpc) is 2.48. The van der Waals surface area contributed by atoms with Crippen LogP contribution in [-0.2, 0) is 14.3 Å². The van der Waals surface area contributed by atoms with Gasteiger partial charge in [-0.3, -0.25) is 0 Å². The smallest absolute Gasteiger partial charge is 0.546 e. The van der Waals surface area contributed by atoms with Crippen LogP contribution in [0.25, 0.3) is 0 Å². The van der Waals surface area contributed by atoms with Crippen molar-refractivity contribution in [2.75, 3.05) is 0 Å². The number of hydrogen-bond acceptors (Lipinski definition) is 5. The van der Waals surface area contributed by atoms with E-state index in [2.05, 4.69) is 6.92 Å². The third-order valence-corrected chi connectivity index (χ3v) is 4.11. The number of esters is 1. The van der Waals surface area contributed by atoms with Crippen molar-refractivity contribution in [1.82, 2.24) is 0 Å². The number of rotatable bonds is 14. The summed E-state index contributed by atoms with van der Waals surface area (Å²) in [4.78, 5) is 22.6. The van der Waals surface area contributed by atoms with E-state index in [9.17, 15) is 14.7 Å². The van der Waals surface area contributed by atoms with Gasteiger partial charge in [-0.15, -0.1) is 0 Å². The summed E-state index contributed by atoms with van der Waals surface area (Å²) >= 11 is 0. The zero-order valence-corrected chi connectivity index (χ0v) is 17.9. The Hall–Kier alpha value is -0.100. The van der Waals surface area contributed by atoms with Crippen LogP contribution in [-0.4, -0.2) is 28.8 Å². The molecule has 5 nitrogen and oxygen atoms in total. The van der Waals surface area contributed by atoms with E-state index in [0.717, 1.165) is 19.3 Å². The summed E-state index contributed by atoms with van der Waals surface area (Å²) in [6.45, 7) is 4.79. The number of aliphatic carboxylic acids is 1. The van der Waals surface area contributed by atoms with Crippen molar-refractivity contribution in [1.29, 1.82) is 0 Å². The number of carbonyl (C=O) groups excluding carboxylic acids is 2. The molecule has 0 aliphatic carbocycles. The molecule has 0 saturated carbocycles. The molecule has 0 amide bonds. The average molecular weight is 352 g/mol. The minimum atomic E-state index is -1.66. The zero-order chi connectivity index (χ0) is 17.7. The van der Waals surface area contributed by atoms with Gasteiger partial charge in [-0.25, -0.2) is 4.79 Å². The first-order chi connectivity index (χ1) is 10.8. The van der Waals surface area contributed by atoms with E-state index >= 15 is 0 Å². The summed E-state index contributed by atoms with van der Waals surface area (Å²) < 4.78 is 4.89. The second kappa shape index (κ2) is 15.2. The van der Waals surface area contributed by atoms with E-state index in [1.807, 2.05) is 0 Å². The number of unbranched alkanes of at least 4 members (excludes halogenated alkanes) is 9. The molecule has 0 aliphatic rings. The van der Waals surface area contributed by atoms with Gasteiger partial charge in [0.1, 0.15) is 11.7 Å². The van der Waals surface area contributed by atoms with Gasteiger partial charge in [0.05, 0.1) is 5.97 Å². The van der Waals surface area contributed by atoms with Crippen molar-refractivity contribution in [3.63, 3.8) is 0 Å². The molecule has 0 radical (unpaired) electrons. The quantitative estimate of drug-likeness (QED) is 0.264. The van der Waals surface area contributed by atoms with Crippen molar-refractivity contribution >= 4 is 11.9 Å². The van der Waals surface area contributed by atoms with Gasteiger partial charge in [0.25, 0.3) is 0 Å². The molecule has 0 saturated heterocycles. The first-order valence-electron chi connectivity index (χ1n) is 8.96. The normalized spacial score (nSPS) is 14.3. The summed E-state index contributed by atoms with van der Waals surface area (Å²) in [6, 6.07) is 0. The Morgan fingerprint density at radius 2 is 1.42 bits per heavy atom. The van der Waals surface area contributed by atoms with E-state index in [1.54, 1.807) is 0 Å². The van der Waals surface area contributed by atoms with Crippen LogP contribution in [0.3, 0.4) is 0 Å². The maximum Gasteiger partial charge on any atom is 1.00 e. The summed E-state index contributed by atoms with van der Waals surface area (Å²) in [7, 11) is 0. The molecular weight excluding hydrogens is 319 g/mol. The fourth-order valence-corrected chi connectivity index (χ4v) is 2.45. The van der Waals surface area contributed by atoms with Crippen LogP contribution in [0.15, 0.2) is 0 Å². The minimum Gasteiger partial charge on any atom is -0.546 e. The second-order valence-corrected chi connectivity index (χ2v) is 6.55. The standard InChI is InChI=1S/C18H34O5.Na/c1-4-5-6-7-8-9-10-11-12-13-14-18(3,17(21)22)23-16(20)15(2)19;/h15,19H,4-14H2,1-3H3,(H,21,22);/q;+1/p-1. The van der Waals surface area contributed by atoms with Crippen molar-refractivity contribution < 1.29 is 54.1 Å². The maximum atomic E-state index is 11.4. The molecule has 0 aliphatic heterocycles. The number of hydrogen-bond donors (Lipinski definition) is 1. The van der Waals surface area contributed by atoms with E-state index in [4.69, 9.17) is 9.84 Å². The molecule has 0 fully saturated rings. The van der Waals surface area contributed by atoms with Crippen LogP contribution >= 0.6 is 0 Å². The van der Waals surface area contributed by atoms with Gasteiger partial charge in [0.15, 0.2) is 0 Å². The SMILES string of the molecule is CCCCCCCCCCCCC(C)(OC(=O)C(C)O)C(=O)[O-].[Na+]. The third kappa shape index (κ3) is 12.3. The summed E-state index contributed by atoms with van der Waals surface area (Å²) in [5.41, 5.74) is -1.66. The van der Waals surface area contributed by atoms with Gasteiger partial charge in [-0.05, 0) is 26.7 Å². The topological polar surface area (TPSA) is 86.7 Å². The Labute approximate surface area is 168 Å². The predicted molar refractivity (Wildman–Crippen MR) is 87.6 cm³/mol. The van der Waals surface area contributed by atoms with Gasteiger partial charge in [0, 0.05) is 0 Å². The predicted octanol–water partition coefficient (Wildman–Crippen LogP) is -0.266. The number of ether oxygens (including phenoxy) is 1. The van der Waals surface area contributed by atoms with E-state index in [0.29, 0.717) is 6.42 Å². The summed E-state index contributed by atoms with van der Waals surface area (Å²) in [6.07, 6.45) is 10.3. The fraction of sp³-hybridized carbons (Fsp3) is 0.889. The van der Waals surface area contributed by atoms with Gasteiger partial charge in [-0.1, -0.05) is 64.7 Å². The van der Waals surface area contributed by atoms with Gasteiger partial charge >= 0.3 is 35.5 Å². The van der Waals surface area contributed by atoms with Crippen molar-refractivity contribution in [3.8, 4) is 0 Å². The molecule has 0 aromatic heterocycles. The monoisotopic (exact) mass is 352 g/mol. The molecule has 6 heteroatoms. The van der Waals surface area contributed by atoms with Gasteiger partial charge in [-0.2, -0.15) is 0 Å². The van der Waals surface area contributed by atoms with Crippen molar-refractivity contribution in [2.45, 2.75) is 103 Å². The maximum absolute atomic E-state index is 11.4. The number of carboxylic acid groups (broad SMARTS) is 1. The van der Waals surface area contributed by atoms with Crippen LogP contribution in [0.2, 0.25) is 0 Å². The molecular formula is C18H33NaO5. The molecule has 0 aromatic carbocycles. The van der Waals surface area contributed by atoms with E-state index in [-0.39, 0.29) is 36.0 Å². The molecule has 1 N–H and O–H groups in total. The minimum absolute atomic E-state index is 0. The van der Waals surface area contributed by atoms with Crippen LogP contribution in [0.4, 0.5) is 0 Å². The Bertz CT molecular complexity index is 346. The van der Waals surface area contributed by atoms with Crippen molar-refractivity contribution in [3.05, 3.63) is 0 Å². The summed E-state index contributed by atoms with van der Waals surface area (Å²) in [5.74, 6) is -2.34. The molecule has 0 heterocycles. The van der Waals surface area contributed by atoms with Crippen LogP contribution in [0, 0.1) is 0 Å². The third-order valence-electron chi connectivity index (χ3n) is 4.11. The number of aliphatic hydroxyl groups is 1. The number of carbonyl (C=O) groups is 2. The first-order valence-corrected chi connectivity index (χ1v) is 8.96. The fourth-order valence-electron chi connectivity index (χ4n) is 2.45. The first kappa shape index (κ1) is 26.1. The largest absolute Gasteiger partial charge is 1.00 e. The Morgan fingerprint density at radius 3 is 1.79 bits per heavy atom. The zero-order valence-electron chi connectivity index (χ0n) is 15.9. The summed E-state index contributed by atoms with van der Waals surface area (Å²) in [5, 5.41) is 20.3. The molecule has 2 unspecified atom stereocenters. The number of carboxylic acids is 1. The van der Waals surface area contributed by atoms with Crippen LogP contribution in [0.1, 0.15) is 91.4 Å². The van der Waals surface area contributed by atoms with E-state index < -0.39 is 23.6 Å². The molecule has 24 heavy (non-hydrogen) atoms. The molecule has 0 bridgehead atoms. The Kier molecular flexibility index (Phi) is 16.5.